The lowest BCUT2D eigenvalue weighted by Crippen LogP contribution is -2.43. The van der Waals surface area contributed by atoms with Crippen LogP contribution >= 0.6 is 35.7 Å². The number of rotatable bonds is 7. The van der Waals surface area contributed by atoms with Gasteiger partial charge in [0.2, 0.25) is 0 Å². The molecule has 1 aromatic carbocycles. The fraction of sp³-hybridized carbons (Fsp3) is 0.550. The van der Waals surface area contributed by atoms with E-state index in [1.165, 1.54) is 24.8 Å². The minimum Gasteiger partial charge on any atom is -0.356 e. The van der Waals surface area contributed by atoms with E-state index in [9.17, 15) is 0 Å². The Kier molecular flexibility index (Phi) is 9.57. The first-order valence-electron chi connectivity index (χ1n) is 9.63. The summed E-state index contributed by atoms with van der Waals surface area (Å²) in [6, 6.07) is 8.84. The summed E-state index contributed by atoms with van der Waals surface area (Å²) in [5, 5.41) is 11.7. The largest absolute Gasteiger partial charge is 0.356 e. The molecule has 0 spiro atoms. The number of aryl methyl sites for hydroxylation is 1. The van der Waals surface area contributed by atoms with E-state index in [1.807, 2.05) is 37.9 Å². The van der Waals surface area contributed by atoms with Crippen LogP contribution in [0.5, 0.6) is 0 Å². The number of thioether (sulfide) groups is 1. The smallest absolute Gasteiger partial charge is 0.257 e. The highest BCUT2D eigenvalue weighted by Gasteiger charge is 2.24. The van der Waals surface area contributed by atoms with Crippen LogP contribution in [0.25, 0.3) is 11.5 Å². The molecule has 2 unspecified atom stereocenters. The molecule has 1 aromatic heterocycles. The van der Waals surface area contributed by atoms with Crippen molar-refractivity contribution >= 4 is 41.7 Å². The molecule has 3 rings (SSSR count). The number of hydrogen-bond acceptors (Lipinski definition) is 5. The minimum atomic E-state index is 0. The molecule has 1 fully saturated rings. The van der Waals surface area contributed by atoms with Crippen LogP contribution in [0.15, 0.2) is 33.8 Å². The average molecular weight is 515 g/mol. The van der Waals surface area contributed by atoms with Crippen LogP contribution in [0.1, 0.15) is 37.6 Å². The highest BCUT2D eigenvalue weighted by atomic mass is 127. The standard InChI is InChI=1S/C20H29N5OS.HI/c1-4-18-24-19(26-25-18)15-7-5-14(6-8-15)11-12-22-20(21-2)23-16-9-10-17(13-16)27-3;/h5-8,16-17H,4,9-13H2,1-3H3,(H2,21,22,23);1H. The van der Waals surface area contributed by atoms with Crippen molar-refractivity contribution in [1.29, 1.82) is 0 Å². The van der Waals surface area contributed by atoms with Gasteiger partial charge < -0.3 is 15.2 Å². The van der Waals surface area contributed by atoms with E-state index in [2.05, 4.69) is 44.2 Å². The number of aromatic nitrogens is 2. The number of hydrogen-bond donors (Lipinski definition) is 2. The molecule has 0 radical (unpaired) electrons. The fourth-order valence-corrected chi connectivity index (χ4v) is 4.12. The van der Waals surface area contributed by atoms with Gasteiger partial charge in [-0.15, -0.1) is 24.0 Å². The van der Waals surface area contributed by atoms with E-state index in [0.29, 0.717) is 11.9 Å². The molecule has 2 N–H and O–H groups in total. The zero-order valence-electron chi connectivity index (χ0n) is 16.8. The Labute approximate surface area is 188 Å². The molecule has 0 aliphatic heterocycles. The molecular formula is C20H30IN5OS. The maximum absolute atomic E-state index is 5.29. The summed E-state index contributed by atoms with van der Waals surface area (Å²) in [6.07, 6.45) is 7.65. The monoisotopic (exact) mass is 515 g/mol. The van der Waals surface area contributed by atoms with Crippen LogP contribution in [-0.2, 0) is 12.8 Å². The van der Waals surface area contributed by atoms with Gasteiger partial charge in [0.1, 0.15) is 0 Å². The summed E-state index contributed by atoms with van der Waals surface area (Å²) in [5.41, 5.74) is 2.22. The van der Waals surface area contributed by atoms with Gasteiger partial charge in [-0.2, -0.15) is 16.7 Å². The molecule has 2 atom stereocenters. The van der Waals surface area contributed by atoms with Crippen molar-refractivity contribution in [3.63, 3.8) is 0 Å². The maximum Gasteiger partial charge on any atom is 0.257 e. The zero-order valence-corrected chi connectivity index (χ0v) is 19.9. The summed E-state index contributed by atoms with van der Waals surface area (Å²) < 4.78 is 5.29. The highest BCUT2D eigenvalue weighted by Crippen LogP contribution is 2.28. The van der Waals surface area contributed by atoms with Crippen molar-refractivity contribution in [2.45, 2.75) is 50.3 Å². The van der Waals surface area contributed by atoms with Crippen LogP contribution in [-0.4, -0.2) is 47.2 Å². The third-order valence-electron chi connectivity index (χ3n) is 4.97. The Morgan fingerprint density at radius 2 is 2.07 bits per heavy atom. The molecule has 0 amide bonds. The zero-order chi connectivity index (χ0) is 19.1. The van der Waals surface area contributed by atoms with Crippen LogP contribution < -0.4 is 10.6 Å². The number of guanidine groups is 1. The molecule has 28 heavy (non-hydrogen) atoms. The first kappa shape index (κ1) is 23.0. The highest BCUT2D eigenvalue weighted by molar-refractivity contribution is 14.0. The van der Waals surface area contributed by atoms with Crippen molar-refractivity contribution in [2.75, 3.05) is 19.8 Å². The number of nitrogens with one attached hydrogen (secondary N) is 2. The second-order valence-electron chi connectivity index (χ2n) is 6.83. The number of nitrogens with zero attached hydrogens (tertiary/aromatic N) is 3. The predicted octanol–water partition coefficient (Wildman–Crippen LogP) is 3.91. The average Bonchev–Trinajstić information content (AvgIpc) is 3.37. The van der Waals surface area contributed by atoms with Gasteiger partial charge in [-0.3, -0.25) is 4.99 Å². The number of halogens is 1. The van der Waals surface area contributed by atoms with Gasteiger partial charge in [0.15, 0.2) is 11.8 Å². The Balaban J connectivity index is 0.00000280. The molecule has 154 valence electrons. The Morgan fingerprint density at radius 1 is 1.29 bits per heavy atom. The second kappa shape index (κ2) is 11.6. The van der Waals surface area contributed by atoms with Crippen LogP contribution in [0.4, 0.5) is 0 Å². The minimum absolute atomic E-state index is 0. The van der Waals surface area contributed by atoms with E-state index in [4.69, 9.17) is 4.52 Å². The Bertz CT molecular complexity index is 749. The van der Waals surface area contributed by atoms with E-state index < -0.39 is 0 Å². The van der Waals surface area contributed by atoms with Crippen LogP contribution in [0.3, 0.4) is 0 Å². The lowest BCUT2D eigenvalue weighted by molar-refractivity contribution is 0.423. The van der Waals surface area contributed by atoms with Crippen molar-refractivity contribution in [1.82, 2.24) is 20.8 Å². The first-order chi connectivity index (χ1) is 13.2. The molecule has 6 nitrogen and oxygen atoms in total. The van der Waals surface area contributed by atoms with E-state index in [-0.39, 0.29) is 24.0 Å². The van der Waals surface area contributed by atoms with Gasteiger partial charge >= 0.3 is 0 Å². The van der Waals surface area contributed by atoms with Gasteiger partial charge in [0.05, 0.1) is 0 Å². The Morgan fingerprint density at radius 3 is 2.68 bits per heavy atom. The van der Waals surface area contributed by atoms with Crippen molar-refractivity contribution < 1.29 is 4.52 Å². The van der Waals surface area contributed by atoms with Gasteiger partial charge in [-0.1, -0.05) is 24.2 Å². The predicted molar refractivity (Wildman–Crippen MR) is 128 cm³/mol. The second-order valence-corrected chi connectivity index (χ2v) is 7.97. The molecule has 2 aromatic rings. The Hall–Kier alpha value is -1.29. The van der Waals surface area contributed by atoms with Crippen molar-refractivity contribution in [3.05, 3.63) is 35.7 Å². The molecule has 8 heteroatoms. The number of aliphatic imine (C=N–C) groups is 1. The summed E-state index contributed by atoms with van der Waals surface area (Å²) >= 11 is 1.97. The van der Waals surface area contributed by atoms with E-state index in [0.717, 1.165) is 42.0 Å². The van der Waals surface area contributed by atoms with Crippen LogP contribution in [0.2, 0.25) is 0 Å². The summed E-state index contributed by atoms with van der Waals surface area (Å²) in [4.78, 5) is 8.73. The molecule has 0 bridgehead atoms. The van der Waals surface area contributed by atoms with E-state index in [1.54, 1.807) is 0 Å². The van der Waals surface area contributed by atoms with Gasteiger partial charge in [0.25, 0.3) is 5.89 Å². The molecule has 1 aliphatic rings. The summed E-state index contributed by atoms with van der Waals surface area (Å²) in [5.74, 6) is 2.22. The van der Waals surface area contributed by atoms with Gasteiger partial charge in [-0.25, -0.2) is 0 Å². The molecular weight excluding hydrogens is 485 g/mol. The maximum atomic E-state index is 5.29. The lowest BCUT2D eigenvalue weighted by Gasteiger charge is -2.17. The van der Waals surface area contributed by atoms with Gasteiger partial charge in [0, 0.05) is 36.9 Å². The summed E-state index contributed by atoms with van der Waals surface area (Å²) in [6.45, 7) is 2.86. The molecule has 1 aliphatic carbocycles. The fourth-order valence-electron chi connectivity index (χ4n) is 3.33. The first-order valence-corrected chi connectivity index (χ1v) is 10.9. The van der Waals surface area contributed by atoms with Gasteiger partial charge in [-0.05, 0) is 49.6 Å². The molecule has 1 saturated carbocycles. The van der Waals surface area contributed by atoms with E-state index >= 15 is 0 Å². The van der Waals surface area contributed by atoms with Crippen molar-refractivity contribution in [2.24, 2.45) is 4.99 Å². The quantitative estimate of drug-likeness (QED) is 0.331. The van der Waals surface area contributed by atoms with Crippen LogP contribution in [0, 0.1) is 0 Å². The molecule has 1 heterocycles. The van der Waals surface area contributed by atoms with Crippen molar-refractivity contribution in [3.8, 4) is 11.5 Å². The SMILES string of the molecule is CCc1noc(-c2ccc(CCNC(=NC)NC3CCC(SC)C3)cc2)n1.I. The summed E-state index contributed by atoms with van der Waals surface area (Å²) in [7, 11) is 1.83. The third-order valence-corrected chi connectivity index (χ3v) is 6.07. The normalized spacial score (nSPS) is 19.3. The lowest BCUT2D eigenvalue weighted by atomic mass is 10.1. The number of benzene rings is 1. The topological polar surface area (TPSA) is 75.3 Å². The molecule has 0 saturated heterocycles. The third kappa shape index (κ3) is 6.37.